The monoisotopic (exact) mass is 435 g/mol. The normalized spacial score (nSPS) is 16.5. The van der Waals surface area contributed by atoms with E-state index < -0.39 is 18.2 Å². The number of alkyl carbamates (subject to hydrolysis) is 1. The maximum Gasteiger partial charge on any atom is 0.406 e. The molecule has 2 aromatic rings. The van der Waals surface area contributed by atoms with Crippen molar-refractivity contribution >= 4 is 28.5 Å². The van der Waals surface area contributed by atoms with E-state index in [2.05, 4.69) is 20.4 Å². The highest BCUT2D eigenvalue weighted by Gasteiger charge is 2.39. The Morgan fingerprint density at radius 1 is 1.23 bits per heavy atom. The fourth-order valence-electron chi connectivity index (χ4n) is 3.58. The predicted octanol–water partition coefficient (Wildman–Crippen LogP) is 4.46. The van der Waals surface area contributed by atoms with Gasteiger partial charge in [0.1, 0.15) is 0 Å². The van der Waals surface area contributed by atoms with Crippen molar-refractivity contribution in [3.63, 3.8) is 0 Å². The molecule has 6 nitrogen and oxygen atoms in total. The Morgan fingerprint density at radius 2 is 2.00 bits per heavy atom. The SMILES string of the molecule is COC(=O)NCCCNC(=O)c1cnc2c(C3=CCC(C(F)(F)F)CC3)cccc2c1. The van der Waals surface area contributed by atoms with Crippen LogP contribution in [0.3, 0.4) is 0 Å². The molecular formula is C22H24F3N3O3. The summed E-state index contributed by atoms with van der Waals surface area (Å²) in [4.78, 5) is 27.8. The molecule has 1 aromatic heterocycles. The first-order valence-electron chi connectivity index (χ1n) is 10.0. The number of aromatic nitrogens is 1. The number of nitrogens with zero attached hydrogens (tertiary/aromatic N) is 1. The van der Waals surface area contributed by atoms with Crippen LogP contribution in [0, 0.1) is 5.92 Å². The zero-order valence-corrected chi connectivity index (χ0v) is 17.1. The van der Waals surface area contributed by atoms with E-state index >= 15 is 0 Å². The average Bonchev–Trinajstić information content (AvgIpc) is 2.77. The third kappa shape index (κ3) is 5.74. The molecule has 2 amide bonds. The molecule has 3 rings (SSSR count). The minimum Gasteiger partial charge on any atom is -0.453 e. The molecule has 9 heteroatoms. The quantitative estimate of drug-likeness (QED) is 0.657. The Bertz CT molecular complexity index is 989. The number of hydrogen-bond donors (Lipinski definition) is 2. The number of allylic oxidation sites excluding steroid dienone is 2. The Hall–Kier alpha value is -3.10. The van der Waals surface area contributed by atoms with Crippen LogP contribution in [0.15, 0.2) is 36.5 Å². The molecule has 0 bridgehead atoms. The van der Waals surface area contributed by atoms with Gasteiger partial charge < -0.3 is 15.4 Å². The van der Waals surface area contributed by atoms with Crippen LogP contribution in [-0.4, -0.2) is 43.4 Å². The number of benzene rings is 1. The maximum absolute atomic E-state index is 12.9. The molecule has 31 heavy (non-hydrogen) atoms. The van der Waals surface area contributed by atoms with Gasteiger partial charge in [-0.1, -0.05) is 24.3 Å². The second kappa shape index (κ2) is 9.80. The van der Waals surface area contributed by atoms with Gasteiger partial charge in [-0.15, -0.1) is 0 Å². The summed E-state index contributed by atoms with van der Waals surface area (Å²) in [5, 5.41) is 6.04. The van der Waals surface area contributed by atoms with Gasteiger partial charge in [-0.2, -0.15) is 13.2 Å². The number of para-hydroxylation sites is 1. The van der Waals surface area contributed by atoms with Gasteiger partial charge in [0, 0.05) is 30.2 Å². The zero-order chi connectivity index (χ0) is 22.4. The van der Waals surface area contributed by atoms with E-state index in [1.807, 2.05) is 18.2 Å². The summed E-state index contributed by atoms with van der Waals surface area (Å²) in [7, 11) is 1.28. The van der Waals surface area contributed by atoms with Gasteiger partial charge in [-0.25, -0.2) is 4.79 Å². The van der Waals surface area contributed by atoms with E-state index in [1.165, 1.54) is 13.3 Å². The Balaban J connectivity index is 1.67. The lowest BCUT2D eigenvalue weighted by molar-refractivity contribution is -0.175. The van der Waals surface area contributed by atoms with Crippen molar-refractivity contribution in [2.75, 3.05) is 20.2 Å². The topological polar surface area (TPSA) is 80.3 Å². The number of nitrogens with one attached hydrogen (secondary N) is 2. The van der Waals surface area contributed by atoms with E-state index in [0.29, 0.717) is 37.0 Å². The third-order valence-electron chi connectivity index (χ3n) is 5.29. The van der Waals surface area contributed by atoms with Crippen molar-refractivity contribution in [2.45, 2.75) is 31.9 Å². The standard InChI is InChI=1S/C22H24F3N3O3/c1-31-21(30)27-11-3-10-26-20(29)16-12-15-4-2-5-18(19(15)28-13-16)14-6-8-17(9-7-14)22(23,24)25/h2,4-6,12-13,17H,3,7-11H2,1H3,(H,26,29)(H,27,30). The number of pyridine rings is 1. The highest BCUT2D eigenvalue weighted by atomic mass is 19.4. The first-order valence-corrected chi connectivity index (χ1v) is 10.0. The molecule has 0 saturated heterocycles. The molecule has 1 heterocycles. The Kier molecular flexibility index (Phi) is 7.14. The molecule has 166 valence electrons. The largest absolute Gasteiger partial charge is 0.453 e. The number of halogens is 3. The van der Waals surface area contributed by atoms with Crippen molar-refractivity contribution in [3.8, 4) is 0 Å². The molecule has 2 N–H and O–H groups in total. The number of alkyl halides is 3. The van der Waals surface area contributed by atoms with E-state index in [0.717, 1.165) is 16.5 Å². The van der Waals surface area contributed by atoms with Crippen LogP contribution >= 0.6 is 0 Å². The van der Waals surface area contributed by atoms with Crippen LogP contribution in [-0.2, 0) is 4.74 Å². The first-order chi connectivity index (χ1) is 14.8. The van der Waals surface area contributed by atoms with Gasteiger partial charge in [-0.05, 0) is 37.3 Å². The number of fused-ring (bicyclic) bond motifs is 1. The number of methoxy groups -OCH3 is 1. The second-order valence-electron chi connectivity index (χ2n) is 7.37. The smallest absolute Gasteiger partial charge is 0.406 e. The van der Waals surface area contributed by atoms with Crippen LogP contribution in [0.1, 0.15) is 41.6 Å². The minimum absolute atomic E-state index is 0.0272. The summed E-state index contributed by atoms with van der Waals surface area (Å²) in [6.45, 7) is 0.741. The molecule has 0 saturated carbocycles. The molecule has 0 radical (unpaired) electrons. The third-order valence-corrected chi connectivity index (χ3v) is 5.29. The summed E-state index contributed by atoms with van der Waals surface area (Å²) in [5.74, 6) is -1.58. The second-order valence-corrected chi connectivity index (χ2v) is 7.37. The Labute approximate surface area is 177 Å². The predicted molar refractivity (Wildman–Crippen MR) is 110 cm³/mol. The van der Waals surface area contributed by atoms with Crippen molar-refractivity contribution < 1.29 is 27.5 Å². The number of hydrogen-bond acceptors (Lipinski definition) is 4. The molecule has 1 unspecified atom stereocenters. The van der Waals surface area contributed by atoms with Crippen LogP contribution in [0.2, 0.25) is 0 Å². The maximum atomic E-state index is 12.9. The number of carbonyl (C=O) groups excluding carboxylic acids is 2. The van der Waals surface area contributed by atoms with Gasteiger partial charge in [0.25, 0.3) is 5.91 Å². The van der Waals surface area contributed by atoms with Crippen molar-refractivity contribution in [1.82, 2.24) is 15.6 Å². The van der Waals surface area contributed by atoms with Crippen molar-refractivity contribution in [1.29, 1.82) is 0 Å². The lowest BCUT2D eigenvalue weighted by Gasteiger charge is -2.24. The van der Waals surface area contributed by atoms with Gasteiger partial charge in [-0.3, -0.25) is 9.78 Å². The average molecular weight is 435 g/mol. The van der Waals surface area contributed by atoms with Crippen LogP contribution in [0.25, 0.3) is 16.5 Å². The summed E-state index contributed by atoms with van der Waals surface area (Å²) < 4.78 is 43.2. The van der Waals surface area contributed by atoms with Gasteiger partial charge in [0.05, 0.1) is 24.1 Å². The number of ether oxygens (including phenoxy) is 1. The summed E-state index contributed by atoms with van der Waals surface area (Å²) >= 11 is 0. The molecule has 0 fully saturated rings. The van der Waals surface area contributed by atoms with Crippen molar-refractivity contribution in [2.24, 2.45) is 5.92 Å². The zero-order valence-electron chi connectivity index (χ0n) is 17.1. The highest BCUT2D eigenvalue weighted by Crippen LogP contribution is 2.40. The number of amides is 2. The molecule has 1 atom stereocenters. The van der Waals surface area contributed by atoms with E-state index in [1.54, 1.807) is 12.1 Å². The molecular weight excluding hydrogens is 411 g/mol. The number of carbonyl (C=O) groups is 2. The van der Waals surface area contributed by atoms with Crippen LogP contribution in [0.5, 0.6) is 0 Å². The Morgan fingerprint density at radius 3 is 2.68 bits per heavy atom. The lowest BCUT2D eigenvalue weighted by Crippen LogP contribution is -2.29. The lowest BCUT2D eigenvalue weighted by atomic mass is 9.85. The van der Waals surface area contributed by atoms with Crippen molar-refractivity contribution in [3.05, 3.63) is 47.7 Å². The number of rotatable bonds is 6. The summed E-state index contributed by atoms with van der Waals surface area (Å²) in [6.07, 6.45) is -0.653. The fraction of sp³-hybridized carbons (Fsp3) is 0.409. The summed E-state index contributed by atoms with van der Waals surface area (Å²) in [5.41, 5.74) is 2.71. The minimum atomic E-state index is -4.17. The summed E-state index contributed by atoms with van der Waals surface area (Å²) in [6, 6.07) is 7.21. The van der Waals surface area contributed by atoms with E-state index in [9.17, 15) is 22.8 Å². The highest BCUT2D eigenvalue weighted by molar-refractivity contribution is 5.99. The first kappa shape index (κ1) is 22.6. The molecule has 1 aliphatic rings. The van der Waals surface area contributed by atoms with E-state index in [4.69, 9.17) is 0 Å². The van der Waals surface area contributed by atoms with Gasteiger partial charge in [0.15, 0.2) is 0 Å². The van der Waals surface area contributed by atoms with E-state index in [-0.39, 0.29) is 18.7 Å². The molecule has 0 spiro atoms. The fourth-order valence-corrected chi connectivity index (χ4v) is 3.58. The van der Waals surface area contributed by atoms with Crippen LogP contribution in [0.4, 0.5) is 18.0 Å². The van der Waals surface area contributed by atoms with Crippen LogP contribution < -0.4 is 10.6 Å². The molecule has 1 aliphatic carbocycles. The van der Waals surface area contributed by atoms with Gasteiger partial charge in [0.2, 0.25) is 0 Å². The molecule has 0 aliphatic heterocycles. The molecule has 1 aromatic carbocycles. The van der Waals surface area contributed by atoms with Gasteiger partial charge >= 0.3 is 12.3 Å².